The van der Waals surface area contributed by atoms with Gasteiger partial charge in [0.15, 0.2) is 0 Å². The van der Waals surface area contributed by atoms with Crippen LogP contribution >= 0.6 is 11.6 Å². The molecule has 0 spiro atoms. The first-order chi connectivity index (χ1) is 7.69. The molecule has 94 valence electrons. The third-order valence-corrected chi connectivity index (χ3v) is 3.64. The molecule has 0 bridgehead atoms. The molecule has 0 amide bonds. The molecule has 2 heteroatoms. The maximum Gasteiger partial charge on any atom is 0.141 e. The van der Waals surface area contributed by atoms with Crippen molar-refractivity contribution in [1.82, 2.24) is 0 Å². The molecule has 0 saturated heterocycles. The van der Waals surface area contributed by atoms with Crippen LogP contribution in [-0.2, 0) is 11.8 Å². The second-order valence-corrected chi connectivity index (χ2v) is 6.97. The maximum atomic E-state index is 6.36. The van der Waals surface area contributed by atoms with Gasteiger partial charge in [-0.3, -0.25) is 0 Å². The van der Waals surface area contributed by atoms with Gasteiger partial charge in [-0.25, -0.2) is 0 Å². The first-order valence-electron chi connectivity index (χ1n) is 6.21. The van der Waals surface area contributed by atoms with Crippen molar-refractivity contribution >= 4 is 11.6 Å². The summed E-state index contributed by atoms with van der Waals surface area (Å²) in [6.45, 7) is 10.9. The zero-order valence-corrected chi connectivity index (χ0v) is 12.1. The number of hydrogen-bond acceptors (Lipinski definition) is 1. The fourth-order valence-corrected chi connectivity index (χ4v) is 2.42. The van der Waals surface area contributed by atoms with E-state index in [1.165, 1.54) is 11.1 Å². The largest absolute Gasteiger partial charge is 0.486 e. The van der Waals surface area contributed by atoms with Gasteiger partial charge >= 0.3 is 0 Å². The Morgan fingerprint density at radius 1 is 1.24 bits per heavy atom. The SMILES string of the molecule is CC1(C)CCc2cc(C(C)(C)C)cc(Cl)c2O1. The Bertz CT molecular complexity index is 441. The first-order valence-corrected chi connectivity index (χ1v) is 6.59. The first kappa shape index (κ1) is 12.8. The minimum atomic E-state index is -0.0973. The second-order valence-electron chi connectivity index (χ2n) is 6.56. The van der Waals surface area contributed by atoms with Gasteiger partial charge in [-0.2, -0.15) is 0 Å². The molecule has 2 rings (SSSR count). The molecule has 0 unspecified atom stereocenters. The highest BCUT2D eigenvalue weighted by atomic mass is 35.5. The van der Waals surface area contributed by atoms with Crippen LogP contribution in [0.5, 0.6) is 5.75 Å². The minimum absolute atomic E-state index is 0.0973. The standard InChI is InChI=1S/C15H21ClO/c1-14(2,3)11-8-10-6-7-15(4,5)17-13(10)12(16)9-11/h8-9H,6-7H2,1-5H3. The number of fused-ring (bicyclic) bond motifs is 1. The highest BCUT2D eigenvalue weighted by Gasteiger charge is 2.29. The van der Waals surface area contributed by atoms with Gasteiger partial charge in [-0.1, -0.05) is 38.4 Å². The fraction of sp³-hybridized carbons (Fsp3) is 0.600. The molecule has 0 aliphatic carbocycles. The number of aryl methyl sites for hydroxylation is 1. The molecule has 0 saturated carbocycles. The summed E-state index contributed by atoms with van der Waals surface area (Å²) < 4.78 is 5.99. The lowest BCUT2D eigenvalue weighted by Crippen LogP contribution is -2.33. The van der Waals surface area contributed by atoms with E-state index in [1.54, 1.807) is 0 Å². The van der Waals surface area contributed by atoms with Gasteiger partial charge in [0.05, 0.1) is 5.02 Å². The molecule has 0 N–H and O–H groups in total. The van der Waals surface area contributed by atoms with Gasteiger partial charge in [-0.05, 0) is 49.3 Å². The number of benzene rings is 1. The fourth-order valence-electron chi connectivity index (χ4n) is 2.15. The summed E-state index contributed by atoms with van der Waals surface area (Å²) in [5.74, 6) is 0.885. The van der Waals surface area contributed by atoms with E-state index in [9.17, 15) is 0 Å². The van der Waals surface area contributed by atoms with Gasteiger partial charge in [0.2, 0.25) is 0 Å². The Labute approximate surface area is 109 Å². The van der Waals surface area contributed by atoms with Crippen molar-refractivity contribution in [3.8, 4) is 5.75 Å². The van der Waals surface area contributed by atoms with Crippen LogP contribution in [0.3, 0.4) is 0 Å². The van der Waals surface area contributed by atoms with Crippen molar-refractivity contribution in [3.63, 3.8) is 0 Å². The summed E-state index contributed by atoms with van der Waals surface area (Å²) in [5.41, 5.74) is 2.57. The third kappa shape index (κ3) is 2.60. The molecular formula is C15H21ClO. The van der Waals surface area contributed by atoms with Crippen LogP contribution in [0.25, 0.3) is 0 Å². The molecule has 1 aromatic rings. The average Bonchev–Trinajstić information content (AvgIpc) is 2.16. The van der Waals surface area contributed by atoms with E-state index in [-0.39, 0.29) is 11.0 Å². The number of ether oxygens (including phenoxy) is 1. The Morgan fingerprint density at radius 3 is 2.47 bits per heavy atom. The van der Waals surface area contributed by atoms with E-state index in [0.29, 0.717) is 0 Å². The zero-order chi connectivity index (χ0) is 12.8. The predicted octanol–water partition coefficient (Wildman–Crippen LogP) is 4.74. The topological polar surface area (TPSA) is 9.23 Å². The summed E-state index contributed by atoms with van der Waals surface area (Å²) in [7, 11) is 0. The van der Waals surface area contributed by atoms with Gasteiger partial charge in [0, 0.05) is 0 Å². The van der Waals surface area contributed by atoms with Crippen molar-refractivity contribution in [2.45, 2.75) is 58.5 Å². The van der Waals surface area contributed by atoms with Crippen molar-refractivity contribution in [2.75, 3.05) is 0 Å². The number of halogens is 1. The molecule has 0 aromatic heterocycles. The quantitative estimate of drug-likeness (QED) is 0.648. The van der Waals surface area contributed by atoms with Crippen LogP contribution in [0.4, 0.5) is 0 Å². The lowest BCUT2D eigenvalue weighted by Gasteiger charge is -2.34. The third-order valence-electron chi connectivity index (χ3n) is 3.36. The monoisotopic (exact) mass is 252 g/mol. The molecule has 1 aromatic carbocycles. The molecule has 1 heterocycles. The zero-order valence-electron chi connectivity index (χ0n) is 11.4. The number of rotatable bonds is 0. The normalized spacial score (nSPS) is 18.5. The van der Waals surface area contributed by atoms with Crippen LogP contribution in [-0.4, -0.2) is 5.60 Å². The van der Waals surface area contributed by atoms with Crippen LogP contribution in [0.1, 0.15) is 52.2 Å². The summed E-state index contributed by atoms with van der Waals surface area (Å²) in [6, 6.07) is 4.29. The Kier molecular flexibility index (Phi) is 2.94. The average molecular weight is 253 g/mol. The molecule has 1 nitrogen and oxygen atoms in total. The summed E-state index contributed by atoms with van der Waals surface area (Å²) in [4.78, 5) is 0. The van der Waals surface area contributed by atoms with Gasteiger partial charge < -0.3 is 4.74 Å². The van der Waals surface area contributed by atoms with Crippen molar-refractivity contribution in [2.24, 2.45) is 0 Å². The van der Waals surface area contributed by atoms with Gasteiger partial charge in [0.25, 0.3) is 0 Å². The summed E-state index contributed by atoms with van der Waals surface area (Å²) in [5, 5.41) is 0.750. The van der Waals surface area contributed by atoms with E-state index in [1.807, 2.05) is 6.07 Å². The maximum absolute atomic E-state index is 6.36. The Hall–Kier alpha value is -0.690. The van der Waals surface area contributed by atoms with E-state index >= 15 is 0 Å². The Morgan fingerprint density at radius 2 is 1.88 bits per heavy atom. The van der Waals surface area contributed by atoms with Crippen molar-refractivity contribution < 1.29 is 4.74 Å². The van der Waals surface area contributed by atoms with Crippen LogP contribution < -0.4 is 4.74 Å². The lowest BCUT2D eigenvalue weighted by atomic mass is 9.84. The minimum Gasteiger partial charge on any atom is -0.486 e. The highest BCUT2D eigenvalue weighted by molar-refractivity contribution is 6.32. The molecule has 1 aliphatic rings. The molecule has 17 heavy (non-hydrogen) atoms. The van der Waals surface area contributed by atoms with Crippen LogP contribution in [0, 0.1) is 0 Å². The molecule has 1 aliphatic heterocycles. The van der Waals surface area contributed by atoms with E-state index in [4.69, 9.17) is 16.3 Å². The summed E-state index contributed by atoms with van der Waals surface area (Å²) in [6.07, 6.45) is 2.09. The predicted molar refractivity (Wildman–Crippen MR) is 73.2 cm³/mol. The molecule has 0 radical (unpaired) electrons. The van der Waals surface area contributed by atoms with Crippen LogP contribution in [0.2, 0.25) is 5.02 Å². The Balaban J connectivity index is 2.47. The summed E-state index contributed by atoms with van der Waals surface area (Å²) >= 11 is 6.36. The highest BCUT2D eigenvalue weighted by Crippen LogP contribution is 2.41. The lowest BCUT2D eigenvalue weighted by molar-refractivity contribution is 0.0847. The van der Waals surface area contributed by atoms with Gasteiger partial charge in [0.1, 0.15) is 11.4 Å². The molecule has 0 atom stereocenters. The molecular weight excluding hydrogens is 232 g/mol. The van der Waals surface area contributed by atoms with E-state index < -0.39 is 0 Å². The smallest absolute Gasteiger partial charge is 0.141 e. The number of hydrogen-bond donors (Lipinski definition) is 0. The van der Waals surface area contributed by atoms with E-state index in [0.717, 1.165) is 23.6 Å². The van der Waals surface area contributed by atoms with E-state index in [2.05, 4.69) is 40.7 Å². The second kappa shape index (κ2) is 3.91. The van der Waals surface area contributed by atoms with Crippen molar-refractivity contribution in [1.29, 1.82) is 0 Å². The van der Waals surface area contributed by atoms with Crippen LogP contribution in [0.15, 0.2) is 12.1 Å². The van der Waals surface area contributed by atoms with Gasteiger partial charge in [-0.15, -0.1) is 0 Å². The van der Waals surface area contributed by atoms with Crippen molar-refractivity contribution in [3.05, 3.63) is 28.3 Å². The molecule has 0 fully saturated rings.